The molecule has 0 spiro atoms. The van der Waals surface area contributed by atoms with Gasteiger partial charge in [0.05, 0.1) is 12.6 Å². The summed E-state index contributed by atoms with van der Waals surface area (Å²) in [5.74, 6) is 6.20. The molecular weight excluding hydrogens is 226 g/mol. The number of nitrogens with two attached hydrogens (primary N) is 1. The summed E-state index contributed by atoms with van der Waals surface area (Å²) in [6.07, 6.45) is 2.29. The highest BCUT2D eigenvalue weighted by Crippen LogP contribution is 2.29. The maximum absolute atomic E-state index is 5.74. The van der Waals surface area contributed by atoms with Crippen molar-refractivity contribution in [2.45, 2.75) is 18.9 Å². The maximum Gasteiger partial charge on any atom is 0.0513 e. The lowest BCUT2D eigenvalue weighted by Gasteiger charge is -2.30. The molecule has 18 heavy (non-hydrogen) atoms. The van der Waals surface area contributed by atoms with E-state index in [4.69, 9.17) is 10.6 Å². The Morgan fingerprint density at radius 1 is 1.44 bits per heavy atom. The quantitative estimate of drug-likeness (QED) is 0.630. The van der Waals surface area contributed by atoms with E-state index in [2.05, 4.69) is 34.6 Å². The molecule has 1 aromatic carbocycles. The highest BCUT2D eigenvalue weighted by Gasteiger charge is 2.24. The third-order valence-electron chi connectivity index (χ3n) is 3.59. The Morgan fingerprint density at radius 2 is 2.28 bits per heavy atom. The predicted octanol–water partition coefficient (Wildman–Crippen LogP) is 1.68. The lowest BCUT2D eigenvalue weighted by atomic mass is 9.89. The van der Waals surface area contributed by atoms with Gasteiger partial charge in [-0.3, -0.25) is 11.3 Å². The predicted molar refractivity (Wildman–Crippen MR) is 74.4 cm³/mol. The molecule has 0 aromatic heterocycles. The third-order valence-corrected chi connectivity index (χ3v) is 3.59. The molecule has 2 rings (SSSR count). The van der Waals surface area contributed by atoms with Crippen molar-refractivity contribution in [3.05, 3.63) is 29.8 Å². The van der Waals surface area contributed by atoms with Gasteiger partial charge in [0.2, 0.25) is 0 Å². The summed E-state index contributed by atoms with van der Waals surface area (Å²) in [5, 5.41) is 0. The van der Waals surface area contributed by atoms with Crippen LogP contribution in [0.5, 0.6) is 0 Å². The molecule has 0 amide bonds. The fourth-order valence-corrected chi connectivity index (χ4v) is 2.53. The van der Waals surface area contributed by atoms with E-state index in [-0.39, 0.29) is 6.04 Å². The first-order valence-electron chi connectivity index (χ1n) is 6.53. The number of hydrogen-bond acceptors (Lipinski definition) is 4. The Bertz CT molecular complexity index is 375. The zero-order valence-corrected chi connectivity index (χ0v) is 11.2. The summed E-state index contributed by atoms with van der Waals surface area (Å²) in [6, 6.07) is 8.68. The van der Waals surface area contributed by atoms with Crippen molar-refractivity contribution in [2.75, 3.05) is 32.2 Å². The largest absolute Gasteiger partial charge is 0.381 e. The molecule has 1 aromatic rings. The molecule has 0 aliphatic carbocycles. The third kappa shape index (κ3) is 3.02. The molecular formula is C14H23N3O. The first-order valence-corrected chi connectivity index (χ1v) is 6.53. The molecule has 1 saturated heterocycles. The van der Waals surface area contributed by atoms with Crippen LogP contribution >= 0.6 is 0 Å². The minimum Gasteiger partial charge on any atom is -0.381 e. The van der Waals surface area contributed by atoms with E-state index in [9.17, 15) is 0 Å². The number of anilines is 1. The van der Waals surface area contributed by atoms with Crippen LogP contribution < -0.4 is 16.2 Å². The van der Waals surface area contributed by atoms with Gasteiger partial charge in [0, 0.05) is 32.3 Å². The van der Waals surface area contributed by atoms with Crippen molar-refractivity contribution < 1.29 is 4.74 Å². The molecule has 1 heterocycles. The Morgan fingerprint density at radius 3 is 2.89 bits per heavy atom. The summed E-state index contributed by atoms with van der Waals surface area (Å²) in [5.41, 5.74) is 5.39. The highest BCUT2D eigenvalue weighted by molar-refractivity contribution is 5.47. The molecule has 0 radical (unpaired) electrons. The second-order valence-electron chi connectivity index (χ2n) is 5.11. The van der Waals surface area contributed by atoms with Crippen molar-refractivity contribution in [3.8, 4) is 0 Å². The summed E-state index contributed by atoms with van der Waals surface area (Å²) in [6.45, 7) is 1.67. The van der Waals surface area contributed by atoms with E-state index in [1.807, 2.05) is 14.1 Å². The van der Waals surface area contributed by atoms with Crippen LogP contribution in [0.25, 0.3) is 0 Å². The van der Waals surface area contributed by atoms with Gasteiger partial charge in [-0.1, -0.05) is 12.1 Å². The molecule has 0 saturated carbocycles. The fraction of sp³-hybridized carbons (Fsp3) is 0.571. The first-order chi connectivity index (χ1) is 8.72. The Balaban J connectivity index is 2.18. The van der Waals surface area contributed by atoms with E-state index in [1.54, 1.807) is 0 Å². The Kier molecular flexibility index (Phi) is 4.58. The summed E-state index contributed by atoms with van der Waals surface area (Å²) in [7, 11) is 4.10. The topological polar surface area (TPSA) is 50.5 Å². The Hall–Kier alpha value is -1.10. The van der Waals surface area contributed by atoms with Crippen LogP contribution in [0.3, 0.4) is 0 Å². The van der Waals surface area contributed by atoms with Gasteiger partial charge in [0.25, 0.3) is 0 Å². The zero-order chi connectivity index (χ0) is 13.0. The van der Waals surface area contributed by atoms with Gasteiger partial charge in [-0.15, -0.1) is 0 Å². The molecule has 100 valence electrons. The minimum atomic E-state index is 0.171. The Labute approximate surface area is 109 Å². The maximum atomic E-state index is 5.74. The van der Waals surface area contributed by atoms with E-state index < -0.39 is 0 Å². The van der Waals surface area contributed by atoms with Crippen LogP contribution in [-0.4, -0.2) is 27.3 Å². The molecule has 3 N–H and O–H groups in total. The molecule has 1 fully saturated rings. The van der Waals surface area contributed by atoms with Crippen LogP contribution in [0.15, 0.2) is 24.3 Å². The average molecular weight is 249 g/mol. The minimum absolute atomic E-state index is 0.171. The summed E-state index contributed by atoms with van der Waals surface area (Å²) in [4.78, 5) is 2.11. The van der Waals surface area contributed by atoms with Gasteiger partial charge in [0.15, 0.2) is 0 Å². The molecule has 4 nitrogen and oxygen atoms in total. The van der Waals surface area contributed by atoms with Gasteiger partial charge in [-0.25, -0.2) is 0 Å². The first kappa shape index (κ1) is 13.3. The number of hydrogen-bond donors (Lipinski definition) is 2. The lowest BCUT2D eigenvalue weighted by molar-refractivity contribution is 0.0390. The lowest BCUT2D eigenvalue weighted by Crippen LogP contribution is -2.37. The smallest absolute Gasteiger partial charge is 0.0513 e. The number of nitrogens with zero attached hydrogens (tertiary/aromatic N) is 1. The van der Waals surface area contributed by atoms with E-state index >= 15 is 0 Å². The SMILES string of the molecule is CN(C)c1cccc(C(NN)C2CCCOC2)c1. The van der Waals surface area contributed by atoms with Crippen LogP contribution in [-0.2, 0) is 4.74 Å². The number of hydrazine groups is 1. The zero-order valence-electron chi connectivity index (χ0n) is 11.2. The molecule has 1 aliphatic rings. The average Bonchev–Trinajstić information content (AvgIpc) is 2.41. The van der Waals surface area contributed by atoms with E-state index in [1.165, 1.54) is 17.7 Å². The van der Waals surface area contributed by atoms with E-state index in [0.717, 1.165) is 19.6 Å². The van der Waals surface area contributed by atoms with Crippen LogP contribution in [0.2, 0.25) is 0 Å². The van der Waals surface area contributed by atoms with E-state index in [0.29, 0.717) is 5.92 Å². The summed E-state index contributed by atoms with van der Waals surface area (Å²) >= 11 is 0. The number of benzene rings is 1. The van der Waals surface area contributed by atoms with Crippen molar-refractivity contribution >= 4 is 5.69 Å². The second-order valence-corrected chi connectivity index (χ2v) is 5.11. The van der Waals surface area contributed by atoms with Gasteiger partial charge in [-0.05, 0) is 30.5 Å². The fourth-order valence-electron chi connectivity index (χ4n) is 2.53. The molecule has 2 unspecified atom stereocenters. The van der Waals surface area contributed by atoms with Crippen molar-refractivity contribution in [1.82, 2.24) is 5.43 Å². The number of ether oxygens (including phenoxy) is 1. The standard InChI is InChI=1S/C14H23N3O/c1-17(2)13-7-3-5-11(9-13)14(16-15)12-6-4-8-18-10-12/h3,5,7,9,12,14,16H,4,6,8,10,15H2,1-2H3. The van der Waals surface area contributed by atoms with Crippen LogP contribution in [0.1, 0.15) is 24.4 Å². The number of rotatable bonds is 4. The highest BCUT2D eigenvalue weighted by atomic mass is 16.5. The van der Waals surface area contributed by atoms with Gasteiger partial charge >= 0.3 is 0 Å². The van der Waals surface area contributed by atoms with Crippen molar-refractivity contribution in [1.29, 1.82) is 0 Å². The molecule has 1 aliphatic heterocycles. The van der Waals surface area contributed by atoms with Gasteiger partial charge in [0.1, 0.15) is 0 Å². The van der Waals surface area contributed by atoms with Gasteiger partial charge < -0.3 is 9.64 Å². The molecule has 4 heteroatoms. The van der Waals surface area contributed by atoms with Gasteiger partial charge in [-0.2, -0.15) is 0 Å². The number of nitrogens with one attached hydrogen (secondary N) is 1. The monoisotopic (exact) mass is 249 g/mol. The van der Waals surface area contributed by atoms with Crippen molar-refractivity contribution in [3.63, 3.8) is 0 Å². The molecule has 0 bridgehead atoms. The summed E-state index contributed by atoms with van der Waals surface area (Å²) < 4.78 is 5.56. The normalized spacial score (nSPS) is 21.6. The van der Waals surface area contributed by atoms with Crippen LogP contribution in [0.4, 0.5) is 5.69 Å². The second kappa shape index (κ2) is 6.18. The van der Waals surface area contributed by atoms with Crippen LogP contribution in [0, 0.1) is 5.92 Å². The van der Waals surface area contributed by atoms with Crippen molar-refractivity contribution in [2.24, 2.45) is 11.8 Å². The molecule has 2 atom stereocenters.